The Bertz CT molecular complexity index is 434. The first-order valence-corrected chi connectivity index (χ1v) is 7.02. The maximum atomic E-state index is 11.2. The van der Waals surface area contributed by atoms with Crippen LogP contribution in [0.2, 0.25) is 0 Å². The van der Waals surface area contributed by atoms with Crippen LogP contribution in [0.25, 0.3) is 0 Å². The molecule has 2 heteroatoms. The number of hydrogen-bond acceptors (Lipinski definition) is 2. The normalized spacial score (nSPS) is 36.0. The van der Waals surface area contributed by atoms with Crippen molar-refractivity contribution in [2.24, 2.45) is 0 Å². The molecule has 0 aliphatic carbocycles. The van der Waals surface area contributed by atoms with Crippen molar-refractivity contribution in [3.05, 3.63) is 34.9 Å². The molecule has 18 heavy (non-hydrogen) atoms. The Morgan fingerprint density at radius 2 is 1.61 bits per heavy atom. The van der Waals surface area contributed by atoms with E-state index in [0.29, 0.717) is 12.1 Å². The molecule has 2 aliphatic rings. The molecule has 0 spiro atoms. The molecule has 0 radical (unpaired) electrons. The van der Waals surface area contributed by atoms with Crippen LogP contribution < -0.4 is 0 Å². The summed E-state index contributed by atoms with van der Waals surface area (Å²) in [5.74, 6) is 0. The Kier molecular flexibility index (Phi) is 2.76. The minimum Gasteiger partial charge on any atom is -0.385 e. The van der Waals surface area contributed by atoms with Gasteiger partial charge >= 0.3 is 0 Å². The molecular weight excluding hydrogens is 222 g/mol. The zero-order valence-electron chi connectivity index (χ0n) is 11.6. The minimum absolute atomic E-state index is 0.563. The summed E-state index contributed by atoms with van der Waals surface area (Å²) < 4.78 is 0. The highest BCUT2D eigenvalue weighted by molar-refractivity contribution is 5.39. The van der Waals surface area contributed by atoms with E-state index in [9.17, 15) is 5.11 Å². The van der Waals surface area contributed by atoms with Gasteiger partial charge in [-0.2, -0.15) is 0 Å². The second kappa shape index (κ2) is 4.07. The van der Waals surface area contributed by atoms with Crippen LogP contribution in [-0.4, -0.2) is 29.1 Å². The molecule has 2 heterocycles. The summed E-state index contributed by atoms with van der Waals surface area (Å²) in [7, 11) is 2.21. The lowest BCUT2D eigenvalue weighted by atomic mass is 9.77. The predicted octanol–water partition coefficient (Wildman–Crippen LogP) is 2.75. The fraction of sp³-hybridized carbons (Fsp3) is 0.625. The Labute approximate surface area is 110 Å². The van der Waals surface area contributed by atoms with Crippen molar-refractivity contribution in [3.63, 3.8) is 0 Å². The second-order valence-electron chi connectivity index (χ2n) is 6.26. The van der Waals surface area contributed by atoms with Gasteiger partial charge in [0.1, 0.15) is 0 Å². The van der Waals surface area contributed by atoms with Crippen molar-refractivity contribution >= 4 is 0 Å². The standard InChI is InChI=1S/C16H23NO/c1-11-5-4-6-12(2)15(11)16(18)9-13-7-8-14(10-16)17(13)3/h4-6,13-14,18H,7-10H2,1-3H3. The lowest BCUT2D eigenvalue weighted by Crippen LogP contribution is -2.48. The average Bonchev–Trinajstić information content (AvgIpc) is 2.54. The molecule has 1 aromatic rings. The molecule has 2 nitrogen and oxygen atoms in total. The summed E-state index contributed by atoms with van der Waals surface area (Å²) in [6, 6.07) is 7.46. The van der Waals surface area contributed by atoms with Gasteiger partial charge in [-0.1, -0.05) is 18.2 Å². The molecule has 3 rings (SSSR count). The molecule has 2 unspecified atom stereocenters. The first kappa shape index (κ1) is 12.2. The fourth-order valence-corrected chi connectivity index (χ4v) is 4.20. The molecule has 1 aromatic carbocycles. The molecule has 98 valence electrons. The predicted molar refractivity (Wildman–Crippen MR) is 73.6 cm³/mol. The van der Waals surface area contributed by atoms with Gasteiger partial charge in [0.25, 0.3) is 0 Å². The Morgan fingerprint density at radius 3 is 2.11 bits per heavy atom. The number of rotatable bonds is 1. The first-order chi connectivity index (χ1) is 8.51. The van der Waals surface area contributed by atoms with Crippen LogP contribution in [0.3, 0.4) is 0 Å². The highest BCUT2D eigenvalue weighted by atomic mass is 16.3. The van der Waals surface area contributed by atoms with E-state index in [2.05, 4.69) is 44.0 Å². The fourth-order valence-electron chi connectivity index (χ4n) is 4.20. The SMILES string of the molecule is Cc1cccc(C)c1C1(O)CC2CCC(C1)N2C. The lowest BCUT2D eigenvalue weighted by molar-refractivity contribution is -0.0501. The van der Waals surface area contributed by atoms with E-state index in [1.165, 1.54) is 29.5 Å². The molecule has 2 bridgehead atoms. The van der Waals surface area contributed by atoms with E-state index in [1.807, 2.05) is 0 Å². The average molecular weight is 245 g/mol. The molecule has 1 N–H and O–H groups in total. The number of aliphatic hydroxyl groups is 1. The van der Waals surface area contributed by atoms with Crippen molar-refractivity contribution in [2.45, 2.75) is 57.2 Å². The van der Waals surface area contributed by atoms with Crippen molar-refractivity contribution in [2.75, 3.05) is 7.05 Å². The van der Waals surface area contributed by atoms with Gasteiger partial charge < -0.3 is 10.0 Å². The van der Waals surface area contributed by atoms with E-state index in [0.717, 1.165) is 12.8 Å². The van der Waals surface area contributed by atoms with Gasteiger partial charge in [0, 0.05) is 12.1 Å². The zero-order valence-corrected chi connectivity index (χ0v) is 11.6. The summed E-state index contributed by atoms with van der Waals surface area (Å²) in [5, 5.41) is 11.2. The van der Waals surface area contributed by atoms with E-state index >= 15 is 0 Å². The lowest BCUT2D eigenvalue weighted by Gasteiger charge is -2.43. The number of piperidine rings is 1. The van der Waals surface area contributed by atoms with E-state index in [4.69, 9.17) is 0 Å². The smallest absolute Gasteiger partial charge is 0.0931 e. The molecule has 2 fully saturated rings. The minimum atomic E-state index is -0.603. The van der Waals surface area contributed by atoms with Gasteiger partial charge in [0.15, 0.2) is 0 Å². The van der Waals surface area contributed by atoms with Crippen LogP contribution in [0.4, 0.5) is 0 Å². The van der Waals surface area contributed by atoms with Gasteiger partial charge in [-0.3, -0.25) is 0 Å². The van der Waals surface area contributed by atoms with Gasteiger partial charge in [-0.15, -0.1) is 0 Å². The Hall–Kier alpha value is -0.860. The number of aryl methyl sites for hydroxylation is 2. The summed E-state index contributed by atoms with van der Waals surface area (Å²) in [6.07, 6.45) is 4.28. The summed E-state index contributed by atoms with van der Waals surface area (Å²) in [6.45, 7) is 4.25. The molecular formula is C16H23NO. The molecule has 2 saturated heterocycles. The molecule has 0 saturated carbocycles. The van der Waals surface area contributed by atoms with Crippen molar-refractivity contribution in [1.82, 2.24) is 4.90 Å². The maximum absolute atomic E-state index is 11.2. The van der Waals surface area contributed by atoms with Crippen LogP contribution >= 0.6 is 0 Å². The summed E-state index contributed by atoms with van der Waals surface area (Å²) in [5.41, 5.74) is 3.06. The summed E-state index contributed by atoms with van der Waals surface area (Å²) >= 11 is 0. The molecule has 2 atom stereocenters. The first-order valence-electron chi connectivity index (χ1n) is 7.02. The number of hydrogen-bond donors (Lipinski definition) is 1. The van der Waals surface area contributed by atoms with Crippen molar-refractivity contribution < 1.29 is 5.11 Å². The third-order valence-electron chi connectivity index (χ3n) is 5.08. The van der Waals surface area contributed by atoms with Crippen molar-refractivity contribution in [1.29, 1.82) is 0 Å². The Morgan fingerprint density at radius 1 is 1.11 bits per heavy atom. The van der Waals surface area contributed by atoms with Gasteiger partial charge in [-0.25, -0.2) is 0 Å². The second-order valence-corrected chi connectivity index (χ2v) is 6.26. The van der Waals surface area contributed by atoms with Gasteiger partial charge in [0.2, 0.25) is 0 Å². The van der Waals surface area contributed by atoms with E-state index in [-0.39, 0.29) is 0 Å². The maximum Gasteiger partial charge on any atom is 0.0931 e. The van der Waals surface area contributed by atoms with Gasteiger partial charge in [-0.05, 0) is 63.3 Å². The van der Waals surface area contributed by atoms with Crippen LogP contribution in [0.1, 0.15) is 42.4 Å². The highest BCUT2D eigenvalue weighted by Crippen LogP contribution is 2.46. The number of fused-ring (bicyclic) bond motifs is 2. The Balaban J connectivity index is 2.01. The monoisotopic (exact) mass is 245 g/mol. The van der Waals surface area contributed by atoms with E-state index in [1.54, 1.807) is 0 Å². The zero-order chi connectivity index (χ0) is 12.9. The third kappa shape index (κ3) is 1.70. The van der Waals surface area contributed by atoms with Gasteiger partial charge in [0.05, 0.1) is 5.60 Å². The largest absolute Gasteiger partial charge is 0.385 e. The van der Waals surface area contributed by atoms with Crippen LogP contribution in [0.15, 0.2) is 18.2 Å². The number of nitrogens with zero attached hydrogens (tertiary/aromatic N) is 1. The summed E-state index contributed by atoms with van der Waals surface area (Å²) in [4.78, 5) is 2.47. The number of benzene rings is 1. The van der Waals surface area contributed by atoms with E-state index < -0.39 is 5.60 Å². The molecule has 2 aliphatic heterocycles. The third-order valence-corrected chi connectivity index (χ3v) is 5.08. The van der Waals surface area contributed by atoms with Crippen LogP contribution in [-0.2, 0) is 5.60 Å². The molecule has 0 amide bonds. The molecule has 0 aromatic heterocycles. The highest BCUT2D eigenvalue weighted by Gasteiger charge is 2.47. The van der Waals surface area contributed by atoms with Crippen molar-refractivity contribution in [3.8, 4) is 0 Å². The topological polar surface area (TPSA) is 23.5 Å². The van der Waals surface area contributed by atoms with Crippen LogP contribution in [0, 0.1) is 13.8 Å². The van der Waals surface area contributed by atoms with Crippen LogP contribution in [0.5, 0.6) is 0 Å². The quantitative estimate of drug-likeness (QED) is 0.822.